The van der Waals surface area contributed by atoms with Crippen molar-refractivity contribution in [2.24, 2.45) is 5.41 Å². The maximum absolute atomic E-state index is 11.3. The van der Waals surface area contributed by atoms with E-state index in [-0.39, 0.29) is 6.61 Å². The van der Waals surface area contributed by atoms with Crippen LogP contribution < -0.4 is 0 Å². The average molecular weight is 224 g/mol. The van der Waals surface area contributed by atoms with Gasteiger partial charge in [0, 0.05) is 0 Å². The average Bonchev–Trinajstić information content (AvgIpc) is 2.02. The molecule has 0 bridgehead atoms. The van der Waals surface area contributed by atoms with Gasteiger partial charge in [-0.2, -0.15) is 0 Å². The highest BCUT2D eigenvalue weighted by Gasteiger charge is 2.27. The van der Waals surface area contributed by atoms with Crippen molar-refractivity contribution in [3.05, 3.63) is 0 Å². The molecule has 0 aliphatic heterocycles. The molecule has 0 aromatic rings. The zero-order valence-electron chi connectivity index (χ0n) is 8.69. The van der Waals surface area contributed by atoms with E-state index >= 15 is 0 Å². The smallest absolute Gasteiger partial charge is 0.328 e. The second-order valence-electron chi connectivity index (χ2n) is 3.76. The first kappa shape index (κ1) is 13.6. The van der Waals surface area contributed by atoms with Gasteiger partial charge in [-0.1, -0.05) is 6.92 Å². The molecule has 0 amide bonds. The molecule has 0 aromatic carbocycles. The number of ether oxygens (including phenoxy) is 1. The summed E-state index contributed by atoms with van der Waals surface area (Å²) in [6.07, 6.45) is 0.209. The van der Waals surface area contributed by atoms with Crippen LogP contribution in [-0.2, 0) is 14.1 Å². The third-order valence-electron chi connectivity index (χ3n) is 2.05. The van der Waals surface area contributed by atoms with Crippen LogP contribution in [0.5, 0.6) is 0 Å². The van der Waals surface area contributed by atoms with Crippen LogP contribution in [0.1, 0.15) is 27.2 Å². The molecule has 0 aliphatic carbocycles. The highest BCUT2D eigenvalue weighted by atomic mass is 31.2. The van der Waals surface area contributed by atoms with E-state index in [1.807, 2.05) is 6.92 Å². The molecule has 6 heteroatoms. The van der Waals surface area contributed by atoms with E-state index in [1.165, 1.54) is 0 Å². The van der Waals surface area contributed by atoms with Crippen LogP contribution in [0, 0.1) is 5.41 Å². The number of carbonyl (C=O) groups excluding carboxylic acids is 1. The highest BCUT2D eigenvalue weighted by molar-refractivity contribution is 7.51. The first-order valence-corrected chi connectivity index (χ1v) is 6.20. The Morgan fingerprint density at radius 3 is 2.29 bits per heavy atom. The second-order valence-corrected chi connectivity index (χ2v) is 5.54. The molecule has 2 N–H and O–H groups in total. The van der Waals surface area contributed by atoms with Crippen LogP contribution in [0.4, 0.5) is 0 Å². The highest BCUT2D eigenvalue weighted by Crippen LogP contribution is 2.33. The van der Waals surface area contributed by atoms with Crippen LogP contribution in [0.25, 0.3) is 0 Å². The number of rotatable bonds is 5. The predicted octanol–water partition coefficient (Wildman–Crippen LogP) is 1.14. The summed E-state index contributed by atoms with van der Waals surface area (Å²) in [6, 6.07) is 0. The minimum absolute atomic E-state index is 0.230. The normalized spacial score (nSPS) is 12.6. The molecule has 14 heavy (non-hydrogen) atoms. The van der Waals surface area contributed by atoms with Gasteiger partial charge >= 0.3 is 13.6 Å². The second kappa shape index (κ2) is 4.91. The summed E-state index contributed by atoms with van der Waals surface area (Å²) in [7, 11) is -4.06. The van der Waals surface area contributed by atoms with Crippen molar-refractivity contribution in [2.45, 2.75) is 27.2 Å². The van der Waals surface area contributed by atoms with E-state index in [1.54, 1.807) is 13.8 Å². The van der Waals surface area contributed by atoms with E-state index in [0.717, 1.165) is 0 Å². The molecular weight excluding hydrogens is 207 g/mol. The largest absolute Gasteiger partial charge is 0.465 e. The van der Waals surface area contributed by atoms with Gasteiger partial charge in [0.15, 0.2) is 0 Å². The van der Waals surface area contributed by atoms with E-state index in [9.17, 15) is 9.36 Å². The first-order valence-electron chi connectivity index (χ1n) is 4.41. The number of esters is 1. The molecule has 0 aromatic heterocycles. The van der Waals surface area contributed by atoms with Crippen LogP contribution >= 0.6 is 7.60 Å². The van der Waals surface area contributed by atoms with E-state index < -0.39 is 25.1 Å². The van der Waals surface area contributed by atoms with Crippen molar-refractivity contribution in [1.29, 1.82) is 0 Å². The van der Waals surface area contributed by atoms with Gasteiger partial charge in [0.1, 0.15) is 6.61 Å². The Morgan fingerprint density at radius 1 is 1.43 bits per heavy atom. The summed E-state index contributed by atoms with van der Waals surface area (Å²) in [4.78, 5) is 28.3. The molecule has 0 rings (SSSR count). The van der Waals surface area contributed by atoms with Crippen molar-refractivity contribution in [2.75, 3.05) is 12.8 Å². The molecule has 0 saturated heterocycles. The Bertz CT molecular complexity index is 242. The lowest BCUT2D eigenvalue weighted by Crippen LogP contribution is -2.26. The quantitative estimate of drug-likeness (QED) is 0.540. The topological polar surface area (TPSA) is 83.8 Å². The summed E-state index contributed by atoms with van der Waals surface area (Å²) in [5.74, 6) is -0.423. The lowest BCUT2D eigenvalue weighted by molar-refractivity contribution is -0.153. The SMILES string of the molecule is CCC(C)(C)C(=O)OCCP(=O)(O)O. The summed E-state index contributed by atoms with van der Waals surface area (Å²) < 4.78 is 15.2. The molecule has 5 nitrogen and oxygen atoms in total. The fraction of sp³-hybridized carbons (Fsp3) is 0.875. The van der Waals surface area contributed by atoms with E-state index in [0.29, 0.717) is 6.42 Å². The Balaban J connectivity index is 3.93. The molecule has 0 heterocycles. The minimum atomic E-state index is -4.06. The van der Waals surface area contributed by atoms with Gasteiger partial charge in [-0.15, -0.1) is 0 Å². The summed E-state index contributed by atoms with van der Waals surface area (Å²) in [6.45, 7) is 5.08. The van der Waals surface area contributed by atoms with Crippen LogP contribution in [0.2, 0.25) is 0 Å². The van der Waals surface area contributed by atoms with Gasteiger partial charge in [-0.3, -0.25) is 9.36 Å². The molecule has 0 saturated carbocycles. The fourth-order valence-corrected chi connectivity index (χ4v) is 0.926. The molecule has 0 atom stereocenters. The standard InChI is InChI=1S/C8H17O5P/c1-4-8(2,3)7(9)13-5-6-14(10,11)12/h4-6H2,1-3H3,(H2,10,11,12). The van der Waals surface area contributed by atoms with Gasteiger partial charge in [0.25, 0.3) is 0 Å². The summed E-state index contributed by atoms with van der Waals surface area (Å²) >= 11 is 0. The van der Waals surface area contributed by atoms with Crippen molar-refractivity contribution in [3.63, 3.8) is 0 Å². The van der Waals surface area contributed by atoms with Gasteiger partial charge in [0.2, 0.25) is 0 Å². The van der Waals surface area contributed by atoms with Gasteiger partial charge < -0.3 is 14.5 Å². The van der Waals surface area contributed by atoms with Crippen LogP contribution in [0.15, 0.2) is 0 Å². The van der Waals surface area contributed by atoms with E-state index in [4.69, 9.17) is 14.5 Å². The lowest BCUT2D eigenvalue weighted by atomic mass is 9.91. The van der Waals surface area contributed by atoms with Crippen molar-refractivity contribution in [1.82, 2.24) is 0 Å². The van der Waals surface area contributed by atoms with Crippen LogP contribution in [0.3, 0.4) is 0 Å². The number of hydrogen-bond donors (Lipinski definition) is 2. The first-order chi connectivity index (χ1) is 6.19. The predicted molar refractivity (Wildman–Crippen MR) is 51.9 cm³/mol. The maximum atomic E-state index is 11.3. The van der Waals surface area contributed by atoms with Gasteiger partial charge in [0.05, 0.1) is 11.6 Å². The Morgan fingerprint density at radius 2 is 1.93 bits per heavy atom. The molecule has 0 unspecified atom stereocenters. The Hall–Kier alpha value is -0.380. The molecule has 0 aliphatic rings. The number of hydrogen-bond acceptors (Lipinski definition) is 3. The maximum Gasteiger partial charge on any atom is 0.328 e. The fourth-order valence-electron chi connectivity index (χ4n) is 0.597. The molecular formula is C8H17O5P. The molecule has 84 valence electrons. The van der Waals surface area contributed by atoms with Crippen molar-refractivity contribution >= 4 is 13.6 Å². The Kier molecular flexibility index (Phi) is 4.78. The monoisotopic (exact) mass is 224 g/mol. The Labute approximate surface area is 83.6 Å². The molecule has 0 fully saturated rings. The zero-order valence-corrected chi connectivity index (χ0v) is 9.58. The van der Waals surface area contributed by atoms with Gasteiger partial charge in [-0.05, 0) is 20.3 Å². The molecule has 0 radical (unpaired) electrons. The number of carbonyl (C=O) groups is 1. The van der Waals surface area contributed by atoms with E-state index in [2.05, 4.69) is 0 Å². The summed E-state index contributed by atoms with van der Waals surface area (Å²) in [5.41, 5.74) is -0.588. The lowest BCUT2D eigenvalue weighted by Gasteiger charge is -2.20. The summed E-state index contributed by atoms with van der Waals surface area (Å²) in [5, 5.41) is 0. The minimum Gasteiger partial charge on any atom is -0.465 e. The van der Waals surface area contributed by atoms with Crippen LogP contribution in [-0.4, -0.2) is 28.5 Å². The third kappa shape index (κ3) is 5.37. The zero-order chi connectivity index (χ0) is 11.4. The van der Waals surface area contributed by atoms with Crippen molar-refractivity contribution in [3.8, 4) is 0 Å². The third-order valence-corrected chi connectivity index (χ3v) is 2.82. The molecule has 0 spiro atoms. The van der Waals surface area contributed by atoms with Gasteiger partial charge in [-0.25, -0.2) is 0 Å². The van der Waals surface area contributed by atoms with Crippen molar-refractivity contribution < 1.29 is 23.9 Å².